The Morgan fingerprint density at radius 2 is 0.939 bits per heavy atom. The molecule has 0 bridgehead atoms. The predicted octanol–water partition coefficient (Wildman–Crippen LogP) is 5.70. The Balaban J connectivity index is 0.000000471. The van der Waals surface area contributed by atoms with Gasteiger partial charge in [-0.25, -0.2) is 0 Å². The zero-order valence-electron chi connectivity index (χ0n) is 17.2. The Kier molecular flexibility index (Phi) is 7.90. The lowest BCUT2D eigenvalue weighted by Gasteiger charge is -2.17. The summed E-state index contributed by atoms with van der Waals surface area (Å²) < 4.78 is 5.66. The van der Waals surface area contributed by atoms with Crippen LogP contribution in [0.4, 0.5) is 0 Å². The van der Waals surface area contributed by atoms with E-state index in [0.717, 1.165) is 53.0 Å². The topological polar surface area (TPSA) is 75.5 Å². The molecule has 0 fully saturated rings. The smallest absolute Gasteiger partial charge is 0.456 e. The van der Waals surface area contributed by atoms with Gasteiger partial charge >= 0.3 is 15.4 Å². The molecule has 9 heteroatoms. The molecule has 0 spiro atoms. The highest BCUT2D eigenvalue weighted by molar-refractivity contribution is 9.11. The van der Waals surface area contributed by atoms with E-state index in [1.807, 2.05) is 36.7 Å². The molecule has 2 N–H and O–H groups in total. The van der Waals surface area contributed by atoms with Crippen molar-refractivity contribution in [3.63, 3.8) is 0 Å². The fourth-order valence-electron chi connectivity index (χ4n) is 3.81. The third kappa shape index (κ3) is 4.88. The third-order valence-corrected chi connectivity index (χ3v) is 6.32. The van der Waals surface area contributed by atoms with Gasteiger partial charge in [0.2, 0.25) is 0 Å². The lowest BCUT2D eigenvalue weighted by atomic mass is 9.89. The molecule has 2 radical (unpaired) electrons. The van der Waals surface area contributed by atoms with Gasteiger partial charge < -0.3 is 14.6 Å². The second-order valence-corrected chi connectivity index (χ2v) is 8.56. The van der Waals surface area contributed by atoms with Gasteiger partial charge in [-0.3, -0.25) is 9.97 Å². The quantitative estimate of drug-likeness (QED) is 0.218. The van der Waals surface area contributed by atoms with Crippen molar-refractivity contribution in [1.29, 1.82) is 0 Å². The van der Waals surface area contributed by atoms with Crippen molar-refractivity contribution in [2.45, 2.75) is 0 Å². The minimum Gasteiger partial charge on any atom is -0.456 e. The largest absolute Gasteiger partial charge is 0.469 e. The van der Waals surface area contributed by atoms with Crippen LogP contribution in [0.3, 0.4) is 0 Å². The SMILES string of the molecule is Brc1cccnc1-c1c2ccccc2c(-c2ncccc2Br)c2ccccc12.O[B]O[B]O. The second-order valence-electron chi connectivity index (χ2n) is 6.86. The van der Waals surface area contributed by atoms with Gasteiger partial charge in [0.1, 0.15) is 0 Å². The maximum absolute atomic E-state index is 7.53. The summed E-state index contributed by atoms with van der Waals surface area (Å²) in [4.78, 5) is 9.39. The van der Waals surface area contributed by atoms with Crippen LogP contribution in [0.25, 0.3) is 44.1 Å². The van der Waals surface area contributed by atoms with E-state index in [0.29, 0.717) is 15.4 Å². The summed E-state index contributed by atoms with van der Waals surface area (Å²) >= 11 is 7.39. The summed E-state index contributed by atoms with van der Waals surface area (Å²) in [5, 5.41) is 19.7. The van der Waals surface area contributed by atoms with Gasteiger partial charge in [0.15, 0.2) is 0 Å². The molecule has 5 rings (SSSR count). The summed E-state index contributed by atoms with van der Waals surface area (Å²) in [7, 11) is 0.750. The molecular formula is C24H16B2Br2N2O3. The maximum atomic E-state index is 7.53. The number of hydrogen-bond acceptors (Lipinski definition) is 5. The lowest BCUT2D eigenvalue weighted by molar-refractivity contribution is 0.408. The molecule has 5 aromatic rings. The van der Waals surface area contributed by atoms with Crippen LogP contribution < -0.4 is 0 Å². The first-order valence-electron chi connectivity index (χ1n) is 9.89. The molecule has 0 saturated carbocycles. The van der Waals surface area contributed by atoms with Gasteiger partial charge in [0.25, 0.3) is 0 Å². The van der Waals surface area contributed by atoms with E-state index in [9.17, 15) is 0 Å². The van der Waals surface area contributed by atoms with Crippen LogP contribution in [-0.2, 0) is 4.57 Å². The molecular weight excluding hydrogens is 546 g/mol. The van der Waals surface area contributed by atoms with Crippen LogP contribution in [0.1, 0.15) is 0 Å². The molecule has 0 unspecified atom stereocenters. The summed E-state index contributed by atoms with van der Waals surface area (Å²) in [5.41, 5.74) is 4.16. The highest BCUT2D eigenvalue weighted by atomic mass is 79.9. The van der Waals surface area contributed by atoms with E-state index in [-0.39, 0.29) is 0 Å². The van der Waals surface area contributed by atoms with Crippen molar-refractivity contribution in [3.8, 4) is 22.5 Å². The van der Waals surface area contributed by atoms with Crippen LogP contribution in [0.5, 0.6) is 0 Å². The molecule has 33 heavy (non-hydrogen) atoms. The van der Waals surface area contributed by atoms with Crippen molar-refractivity contribution < 1.29 is 14.6 Å². The number of halogens is 2. The first kappa shape index (κ1) is 23.6. The number of pyridine rings is 2. The fraction of sp³-hybridized carbons (Fsp3) is 0. The molecule has 5 nitrogen and oxygen atoms in total. The van der Waals surface area contributed by atoms with Crippen LogP contribution >= 0.6 is 31.9 Å². The number of aromatic nitrogens is 2. The van der Waals surface area contributed by atoms with E-state index in [1.54, 1.807) is 0 Å². The second kappa shape index (κ2) is 11.0. The third-order valence-electron chi connectivity index (χ3n) is 5.04. The van der Waals surface area contributed by atoms with E-state index in [4.69, 9.17) is 20.0 Å². The normalized spacial score (nSPS) is 10.5. The zero-order chi connectivity index (χ0) is 23.2. The Labute approximate surface area is 209 Å². The van der Waals surface area contributed by atoms with Crippen molar-refractivity contribution in [1.82, 2.24) is 9.97 Å². The molecule has 0 aliphatic carbocycles. The number of benzene rings is 3. The van der Waals surface area contributed by atoms with Gasteiger partial charge in [-0.1, -0.05) is 48.5 Å². The average Bonchev–Trinajstić information content (AvgIpc) is 2.85. The van der Waals surface area contributed by atoms with Gasteiger partial charge in [-0.2, -0.15) is 0 Å². The molecule has 2 heterocycles. The van der Waals surface area contributed by atoms with Crippen LogP contribution in [-0.4, -0.2) is 35.4 Å². The Hall–Kier alpha value is -2.55. The standard InChI is InChI=1S/C24H14Br2N2.B2H2O3/c25-19-11-5-13-27-23(19)21-15-7-1-2-8-16(15)22(18-10-4-3-9-17(18)21)24-20(26)12-6-14-28-24;3-1-5-2-4/h1-14H;3-4H. The van der Waals surface area contributed by atoms with Crippen molar-refractivity contribution in [2.75, 3.05) is 0 Å². The van der Waals surface area contributed by atoms with E-state index >= 15 is 0 Å². The Bertz CT molecular complexity index is 1260. The maximum Gasteiger partial charge on any atom is 0.469 e. The van der Waals surface area contributed by atoms with Crippen LogP contribution in [0.2, 0.25) is 0 Å². The van der Waals surface area contributed by atoms with Crippen molar-refractivity contribution >= 4 is 68.8 Å². The Morgan fingerprint density at radius 1 is 0.576 bits per heavy atom. The molecule has 2 aromatic heterocycles. The lowest BCUT2D eigenvalue weighted by Crippen LogP contribution is -2.00. The van der Waals surface area contributed by atoms with Gasteiger partial charge in [-0.05, 0) is 77.7 Å². The van der Waals surface area contributed by atoms with Crippen LogP contribution in [0, 0.1) is 0 Å². The minimum atomic E-state index is 0.375. The fourth-order valence-corrected chi connectivity index (χ4v) is 4.71. The van der Waals surface area contributed by atoms with Crippen molar-refractivity contribution in [3.05, 3.63) is 94.1 Å². The molecule has 0 atom stereocenters. The van der Waals surface area contributed by atoms with Gasteiger partial charge in [0.05, 0.1) is 11.4 Å². The average molecular weight is 562 g/mol. The summed E-state index contributed by atoms with van der Waals surface area (Å²) in [5.74, 6) is 0. The highest BCUT2D eigenvalue weighted by Gasteiger charge is 2.19. The monoisotopic (exact) mass is 560 g/mol. The zero-order valence-corrected chi connectivity index (χ0v) is 20.4. The number of hydrogen-bond donors (Lipinski definition) is 2. The summed E-state index contributed by atoms with van der Waals surface area (Å²) in [6.45, 7) is 0. The van der Waals surface area contributed by atoms with E-state index < -0.39 is 0 Å². The van der Waals surface area contributed by atoms with Gasteiger partial charge in [-0.15, -0.1) is 0 Å². The molecule has 0 aliphatic rings. The number of nitrogens with zero attached hydrogens (tertiary/aromatic N) is 2. The molecule has 0 amide bonds. The van der Waals surface area contributed by atoms with Crippen LogP contribution in [0.15, 0.2) is 94.1 Å². The molecule has 0 aliphatic heterocycles. The Morgan fingerprint density at radius 3 is 1.21 bits per heavy atom. The minimum absolute atomic E-state index is 0.375. The first-order chi connectivity index (χ1) is 16.2. The summed E-state index contributed by atoms with van der Waals surface area (Å²) in [6, 6.07) is 24.9. The predicted molar refractivity (Wildman–Crippen MR) is 140 cm³/mol. The van der Waals surface area contributed by atoms with Crippen molar-refractivity contribution in [2.24, 2.45) is 0 Å². The highest BCUT2D eigenvalue weighted by Crippen LogP contribution is 2.45. The summed E-state index contributed by atoms with van der Waals surface area (Å²) in [6.07, 6.45) is 3.68. The van der Waals surface area contributed by atoms with Gasteiger partial charge in [0, 0.05) is 32.5 Å². The van der Waals surface area contributed by atoms with E-state index in [2.05, 4.69) is 85.0 Å². The van der Waals surface area contributed by atoms with E-state index in [1.165, 1.54) is 0 Å². The molecule has 160 valence electrons. The first-order valence-corrected chi connectivity index (χ1v) is 11.5. The molecule has 3 aromatic carbocycles. The number of rotatable bonds is 4. The molecule has 0 saturated heterocycles. The number of fused-ring (bicyclic) bond motifs is 2.